The fraction of sp³-hybridized carbons (Fsp3) is 0.0714. The third kappa shape index (κ3) is 2.74. The number of aromatic nitrogens is 3. The molecule has 0 unspecified atom stereocenters. The van der Waals surface area contributed by atoms with Crippen LogP contribution in [0.2, 0.25) is 0 Å². The van der Waals surface area contributed by atoms with E-state index >= 15 is 0 Å². The lowest BCUT2D eigenvalue weighted by Gasteiger charge is -2.03. The van der Waals surface area contributed by atoms with Gasteiger partial charge in [0.05, 0.1) is 17.7 Å². The number of hydrogen-bond acceptors (Lipinski definition) is 5. The molecule has 1 aromatic carbocycles. The fourth-order valence-electron chi connectivity index (χ4n) is 1.87. The first-order valence-corrected chi connectivity index (χ1v) is 7.17. The predicted molar refractivity (Wildman–Crippen MR) is 79.1 cm³/mol. The average molecular weight is 318 g/mol. The van der Waals surface area contributed by atoms with E-state index in [-0.39, 0.29) is 11.6 Å². The molecular weight excluding hydrogens is 307 g/mol. The Hall–Kier alpha value is -2.58. The second-order valence-corrected chi connectivity index (χ2v) is 5.21. The van der Waals surface area contributed by atoms with Crippen LogP contribution in [0.5, 0.6) is 0 Å². The smallest absolute Gasteiger partial charge is 0.277 e. The minimum atomic E-state index is -0.554. The van der Waals surface area contributed by atoms with Crippen LogP contribution in [0.15, 0.2) is 41.8 Å². The van der Waals surface area contributed by atoms with Crippen molar-refractivity contribution in [2.45, 2.75) is 0 Å². The molecule has 1 amide bonds. The highest BCUT2D eigenvalue weighted by Crippen LogP contribution is 2.25. The summed E-state index contributed by atoms with van der Waals surface area (Å²) in [6, 6.07) is 9.53. The van der Waals surface area contributed by atoms with E-state index in [9.17, 15) is 9.18 Å². The maximum atomic E-state index is 13.1. The molecule has 0 saturated carbocycles. The Morgan fingerprint density at radius 1 is 1.32 bits per heavy atom. The zero-order chi connectivity index (χ0) is 15.5. The number of rotatable bonds is 4. The van der Waals surface area contributed by atoms with Crippen molar-refractivity contribution in [3.8, 4) is 16.4 Å². The summed E-state index contributed by atoms with van der Waals surface area (Å²) in [4.78, 5) is 21.5. The van der Waals surface area contributed by atoms with Gasteiger partial charge in [0.25, 0.3) is 0 Å². The number of hydrogen-bond donors (Lipinski definition) is 1. The monoisotopic (exact) mass is 318 g/mol. The van der Waals surface area contributed by atoms with E-state index in [4.69, 9.17) is 0 Å². The van der Waals surface area contributed by atoms with E-state index in [1.165, 1.54) is 35.3 Å². The number of halogens is 1. The molecule has 0 aliphatic rings. The molecule has 22 heavy (non-hydrogen) atoms. The first kappa shape index (κ1) is 14.4. The van der Waals surface area contributed by atoms with Crippen molar-refractivity contribution in [3.63, 3.8) is 0 Å². The summed E-state index contributed by atoms with van der Waals surface area (Å²) >= 11 is 1.47. The minimum Gasteiger partial charge on any atom is -0.277 e. The standard InChI is InChI=1S/C14H11FN4O2S/c1-21-18-14(20)12-16-13(11-3-2-8-22-11)19(17-12)10-6-4-9(15)5-7-10/h2-8H,1H3,(H,18,20). The van der Waals surface area contributed by atoms with Crippen LogP contribution in [0, 0.1) is 5.82 Å². The van der Waals surface area contributed by atoms with Gasteiger partial charge in [0, 0.05) is 0 Å². The van der Waals surface area contributed by atoms with Gasteiger partial charge in [-0.1, -0.05) is 6.07 Å². The van der Waals surface area contributed by atoms with Crippen molar-refractivity contribution in [1.82, 2.24) is 20.2 Å². The summed E-state index contributed by atoms with van der Waals surface area (Å²) in [6.07, 6.45) is 0. The van der Waals surface area contributed by atoms with Gasteiger partial charge in [-0.2, -0.15) is 0 Å². The van der Waals surface area contributed by atoms with Crippen LogP contribution in [0.3, 0.4) is 0 Å². The molecule has 1 N–H and O–H groups in total. The molecule has 0 saturated heterocycles. The lowest BCUT2D eigenvalue weighted by atomic mass is 10.3. The highest BCUT2D eigenvalue weighted by Gasteiger charge is 2.19. The molecule has 0 aliphatic carbocycles. The summed E-state index contributed by atoms with van der Waals surface area (Å²) < 4.78 is 14.6. The minimum absolute atomic E-state index is 0.0328. The molecule has 0 spiro atoms. The Morgan fingerprint density at radius 2 is 2.09 bits per heavy atom. The third-order valence-electron chi connectivity index (χ3n) is 2.82. The normalized spacial score (nSPS) is 10.6. The molecule has 2 aromatic heterocycles. The second-order valence-electron chi connectivity index (χ2n) is 4.26. The van der Waals surface area contributed by atoms with Crippen LogP contribution in [0.25, 0.3) is 16.4 Å². The van der Waals surface area contributed by atoms with E-state index in [0.29, 0.717) is 11.5 Å². The largest absolute Gasteiger partial charge is 0.314 e. The molecule has 0 fully saturated rings. The Labute approximate surface area is 129 Å². The summed E-state index contributed by atoms with van der Waals surface area (Å²) in [5.74, 6) is -0.433. The molecule has 0 atom stereocenters. The number of nitrogens with zero attached hydrogens (tertiary/aromatic N) is 3. The van der Waals surface area contributed by atoms with Crippen LogP contribution in [0.1, 0.15) is 10.6 Å². The maximum Gasteiger partial charge on any atom is 0.314 e. The van der Waals surface area contributed by atoms with Crippen molar-refractivity contribution in [2.24, 2.45) is 0 Å². The van der Waals surface area contributed by atoms with Gasteiger partial charge >= 0.3 is 5.91 Å². The van der Waals surface area contributed by atoms with Gasteiger partial charge in [0.2, 0.25) is 5.82 Å². The van der Waals surface area contributed by atoms with Gasteiger partial charge < -0.3 is 0 Å². The van der Waals surface area contributed by atoms with E-state index in [1.807, 2.05) is 17.5 Å². The Kier molecular flexibility index (Phi) is 3.94. The maximum absolute atomic E-state index is 13.1. The first-order chi connectivity index (χ1) is 10.7. The molecular formula is C14H11FN4O2S. The number of carbonyl (C=O) groups excluding carboxylic acids is 1. The van der Waals surface area contributed by atoms with Gasteiger partial charge in [0.1, 0.15) is 5.82 Å². The molecule has 6 nitrogen and oxygen atoms in total. The predicted octanol–water partition coefficient (Wildman–Crippen LogP) is 2.43. The van der Waals surface area contributed by atoms with Gasteiger partial charge in [-0.25, -0.2) is 19.5 Å². The number of nitrogens with one attached hydrogen (secondary N) is 1. The zero-order valence-electron chi connectivity index (χ0n) is 11.5. The lowest BCUT2D eigenvalue weighted by molar-refractivity contribution is 0.0527. The molecule has 112 valence electrons. The SMILES string of the molecule is CONC(=O)c1nc(-c2cccs2)n(-c2ccc(F)cc2)n1. The van der Waals surface area contributed by atoms with E-state index in [2.05, 4.69) is 20.4 Å². The Bertz CT molecular complexity index is 784. The Balaban J connectivity index is 2.10. The average Bonchev–Trinajstić information content (AvgIpc) is 3.17. The van der Waals surface area contributed by atoms with Gasteiger partial charge in [-0.15, -0.1) is 16.4 Å². The zero-order valence-corrected chi connectivity index (χ0v) is 12.3. The van der Waals surface area contributed by atoms with Crippen molar-refractivity contribution < 1.29 is 14.0 Å². The number of carbonyl (C=O) groups is 1. The Morgan fingerprint density at radius 3 is 2.73 bits per heavy atom. The van der Waals surface area contributed by atoms with E-state index in [0.717, 1.165) is 4.88 Å². The fourth-order valence-corrected chi connectivity index (χ4v) is 2.57. The van der Waals surface area contributed by atoms with E-state index in [1.54, 1.807) is 12.1 Å². The van der Waals surface area contributed by atoms with Crippen molar-refractivity contribution in [3.05, 3.63) is 53.4 Å². The number of hydroxylamine groups is 1. The number of thiophene rings is 1. The number of benzene rings is 1. The van der Waals surface area contributed by atoms with Crippen LogP contribution >= 0.6 is 11.3 Å². The molecule has 2 heterocycles. The third-order valence-corrected chi connectivity index (χ3v) is 3.68. The number of amides is 1. The summed E-state index contributed by atoms with van der Waals surface area (Å²) in [7, 11) is 1.33. The molecule has 0 bridgehead atoms. The first-order valence-electron chi connectivity index (χ1n) is 6.29. The van der Waals surface area contributed by atoms with Crippen LogP contribution in [0.4, 0.5) is 4.39 Å². The van der Waals surface area contributed by atoms with E-state index < -0.39 is 5.91 Å². The van der Waals surface area contributed by atoms with Gasteiger partial charge in [-0.3, -0.25) is 9.63 Å². The summed E-state index contributed by atoms with van der Waals surface area (Å²) in [5.41, 5.74) is 2.78. The quantitative estimate of drug-likeness (QED) is 0.750. The van der Waals surface area contributed by atoms with Gasteiger partial charge in [-0.05, 0) is 35.7 Å². The van der Waals surface area contributed by atoms with Gasteiger partial charge in [0.15, 0.2) is 5.82 Å². The molecule has 3 rings (SSSR count). The molecule has 0 aliphatic heterocycles. The van der Waals surface area contributed by atoms with Crippen LogP contribution in [-0.4, -0.2) is 27.8 Å². The topological polar surface area (TPSA) is 69.0 Å². The molecule has 8 heteroatoms. The summed E-state index contributed by atoms with van der Waals surface area (Å²) in [5, 5.41) is 6.08. The summed E-state index contributed by atoms with van der Waals surface area (Å²) in [6.45, 7) is 0. The lowest BCUT2D eigenvalue weighted by Crippen LogP contribution is -2.23. The highest BCUT2D eigenvalue weighted by atomic mass is 32.1. The van der Waals surface area contributed by atoms with Crippen LogP contribution < -0.4 is 5.48 Å². The highest BCUT2D eigenvalue weighted by molar-refractivity contribution is 7.13. The van der Waals surface area contributed by atoms with Crippen molar-refractivity contribution >= 4 is 17.2 Å². The molecule has 0 radical (unpaired) electrons. The van der Waals surface area contributed by atoms with Crippen LogP contribution in [-0.2, 0) is 4.84 Å². The van der Waals surface area contributed by atoms with Crippen molar-refractivity contribution in [2.75, 3.05) is 7.11 Å². The molecule has 3 aromatic rings. The second kappa shape index (κ2) is 6.04. The van der Waals surface area contributed by atoms with Crippen molar-refractivity contribution in [1.29, 1.82) is 0 Å².